The Labute approximate surface area is 61.4 Å². The molecule has 2 fully saturated rings. The lowest BCUT2D eigenvalue weighted by atomic mass is 9.76. The first kappa shape index (κ1) is 6.21. The molecule has 0 bridgehead atoms. The lowest BCUT2D eigenvalue weighted by Gasteiger charge is -2.45. The van der Waals surface area contributed by atoms with Gasteiger partial charge in [0.25, 0.3) is 0 Å². The summed E-state index contributed by atoms with van der Waals surface area (Å²) in [5.74, 6) is 3.31. The highest BCUT2D eigenvalue weighted by molar-refractivity contribution is 5.18. The molecule has 1 spiro atoms. The van der Waals surface area contributed by atoms with Crippen LogP contribution in [0.15, 0.2) is 0 Å². The minimum Gasteiger partial charge on any atom is -0.315 e. The van der Waals surface area contributed by atoms with E-state index in [0.29, 0.717) is 5.92 Å². The SMILES string of the molecule is C#C[C@H]1CN[C@]12CCNC2. The molecule has 2 aliphatic heterocycles. The zero-order valence-electron chi connectivity index (χ0n) is 5.98. The molecule has 0 saturated carbocycles. The summed E-state index contributed by atoms with van der Waals surface area (Å²) < 4.78 is 0. The minimum atomic E-state index is 0.286. The molecule has 0 radical (unpaired) electrons. The Morgan fingerprint density at radius 3 is 2.90 bits per heavy atom. The summed E-state index contributed by atoms with van der Waals surface area (Å²) in [7, 11) is 0. The second-order valence-corrected chi connectivity index (χ2v) is 3.18. The third-order valence-electron chi connectivity index (χ3n) is 2.71. The second kappa shape index (κ2) is 1.98. The molecular formula is C8H12N2. The van der Waals surface area contributed by atoms with E-state index >= 15 is 0 Å². The zero-order valence-corrected chi connectivity index (χ0v) is 5.98. The third kappa shape index (κ3) is 0.622. The van der Waals surface area contributed by atoms with Gasteiger partial charge in [0, 0.05) is 18.6 Å². The summed E-state index contributed by atoms with van der Waals surface area (Å²) in [6, 6.07) is 0. The maximum Gasteiger partial charge on any atom is 0.0519 e. The molecule has 0 aromatic rings. The van der Waals surface area contributed by atoms with Crippen LogP contribution in [0.4, 0.5) is 0 Å². The number of rotatable bonds is 0. The topological polar surface area (TPSA) is 24.1 Å². The van der Waals surface area contributed by atoms with Crippen molar-refractivity contribution < 1.29 is 0 Å². The average molecular weight is 136 g/mol. The molecule has 0 aromatic heterocycles. The summed E-state index contributed by atoms with van der Waals surface area (Å²) in [6.45, 7) is 3.19. The van der Waals surface area contributed by atoms with Gasteiger partial charge >= 0.3 is 0 Å². The van der Waals surface area contributed by atoms with Crippen LogP contribution < -0.4 is 10.6 Å². The fraction of sp³-hybridized carbons (Fsp3) is 0.750. The fourth-order valence-electron chi connectivity index (χ4n) is 1.87. The third-order valence-corrected chi connectivity index (χ3v) is 2.71. The molecule has 10 heavy (non-hydrogen) atoms. The van der Waals surface area contributed by atoms with Crippen molar-refractivity contribution in [1.29, 1.82) is 0 Å². The summed E-state index contributed by atoms with van der Waals surface area (Å²) >= 11 is 0. The largest absolute Gasteiger partial charge is 0.315 e. The Balaban J connectivity index is 2.09. The van der Waals surface area contributed by atoms with E-state index < -0.39 is 0 Å². The van der Waals surface area contributed by atoms with Gasteiger partial charge < -0.3 is 10.6 Å². The van der Waals surface area contributed by atoms with Gasteiger partial charge in [-0.3, -0.25) is 0 Å². The highest BCUT2D eigenvalue weighted by Gasteiger charge is 2.47. The summed E-state index contributed by atoms with van der Waals surface area (Å²) in [4.78, 5) is 0. The smallest absolute Gasteiger partial charge is 0.0519 e. The normalized spacial score (nSPS) is 44.9. The van der Waals surface area contributed by atoms with Gasteiger partial charge in [0.2, 0.25) is 0 Å². The van der Waals surface area contributed by atoms with Crippen molar-refractivity contribution in [3.63, 3.8) is 0 Å². The highest BCUT2D eigenvalue weighted by Crippen LogP contribution is 2.30. The van der Waals surface area contributed by atoms with Crippen LogP contribution >= 0.6 is 0 Å². The summed E-state index contributed by atoms with van der Waals surface area (Å²) in [6.07, 6.45) is 6.57. The van der Waals surface area contributed by atoms with Crippen LogP contribution in [-0.4, -0.2) is 25.2 Å². The lowest BCUT2D eigenvalue weighted by Crippen LogP contribution is -2.65. The van der Waals surface area contributed by atoms with E-state index in [2.05, 4.69) is 16.6 Å². The second-order valence-electron chi connectivity index (χ2n) is 3.18. The molecule has 0 amide bonds. The van der Waals surface area contributed by atoms with Gasteiger partial charge in [-0.05, 0) is 13.0 Å². The molecular weight excluding hydrogens is 124 g/mol. The zero-order chi connectivity index (χ0) is 7.03. The first-order valence-corrected chi connectivity index (χ1v) is 3.79. The van der Waals surface area contributed by atoms with Gasteiger partial charge in [0.05, 0.1) is 5.92 Å². The van der Waals surface area contributed by atoms with E-state index in [1.807, 2.05) is 0 Å². The molecule has 2 N–H and O–H groups in total. The molecule has 2 aliphatic rings. The van der Waals surface area contributed by atoms with Crippen molar-refractivity contribution in [2.45, 2.75) is 12.0 Å². The molecule has 54 valence electrons. The Morgan fingerprint density at radius 2 is 2.50 bits per heavy atom. The van der Waals surface area contributed by atoms with Gasteiger partial charge in [0.1, 0.15) is 0 Å². The first-order chi connectivity index (χ1) is 4.87. The van der Waals surface area contributed by atoms with E-state index in [-0.39, 0.29) is 5.54 Å². The van der Waals surface area contributed by atoms with Crippen molar-refractivity contribution in [3.05, 3.63) is 0 Å². The van der Waals surface area contributed by atoms with E-state index in [4.69, 9.17) is 6.42 Å². The van der Waals surface area contributed by atoms with Gasteiger partial charge in [-0.15, -0.1) is 12.3 Å². The first-order valence-electron chi connectivity index (χ1n) is 3.79. The van der Waals surface area contributed by atoms with Crippen LogP contribution in [0.2, 0.25) is 0 Å². The van der Waals surface area contributed by atoms with Crippen molar-refractivity contribution in [2.24, 2.45) is 5.92 Å². The van der Waals surface area contributed by atoms with Crippen molar-refractivity contribution in [1.82, 2.24) is 10.6 Å². The molecule has 2 heteroatoms. The van der Waals surface area contributed by atoms with Crippen LogP contribution in [0.25, 0.3) is 0 Å². The van der Waals surface area contributed by atoms with Gasteiger partial charge in [-0.1, -0.05) is 0 Å². The molecule has 0 aliphatic carbocycles. The van der Waals surface area contributed by atoms with Crippen LogP contribution in [-0.2, 0) is 0 Å². The Morgan fingerprint density at radius 1 is 1.60 bits per heavy atom. The van der Waals surface area contributed by atoms with Gasteiger partial charge in [0.15, 0.2) is 0 Å². The van der Waals surface area contributed by atoms with Crippen LogP contribution in [0.1, 0.15) is 6.42 Å². The monoisotopic (exact) mass is 136 g/mol. The Kier molecular flexibility index (Phi) is 1.23. The molecule has 0 aromatic carbocycles. The molecule has 2 saturated heterocycles. The molecule has 2 heterocycles. The molecule has 2 atom stereocenters. The predicted molar refractivity (Wildman–Crippen MR) is 40.5 cm³/mol. The summed E-state index contributed by atoms with van der Waals surface area (Å²) in [5.41, 5.74) is 0.286. The van der Waals surface area contributed by atoms with Crippen molar-refractivity contribution >= 4 is 0 Å². The molecule has 0 unspecified atom stereocenters. The number of nitrogens with one attached hydrogen (secondary N) is 2. The standard InChI is InChI=1S/C8H12N2/c1-2-7-5-10-8(7)3-4-9-6-8/h1,7,9-10H,3-6H2/t7-,8-/m0/s1. The number of hydrogen-bond acceptors (Lipinski definition) is 2. The van der Waals surface area contributed by atoms with E-state index in [9.17, 15) is 0 Å². The lowest BCUT2D eigenvalue weighted by molar-refractivity contribution is 0.169. The Hall–Kier alpha value is -0.520. The Bertz CT molecular complexity index is 174. The van der Waals surface area contributed by atoms with Crippen LogP contribution in [0.3, 0.4) is 0 Å². The maximum absolute atomic E-state index is 5.37. The van der Waals surface area contributed by atoms with Crippen LogP contribution in [0, 0.1) is 18.3 Å². The number of hydrogen-bond donors (Lipinski definition) is 2. The van der Waals surface area contributed by atoms with E-state index in [1.54, 1.807) is 0 Å². The molecule has 2 nitrogen and oxygen atoms in total. The fourth-order valence-corrected chi connectivity index (χ4v) is 1.87. The predicted octanol–water partition coefficient (Wildman–Crippen LogP) is -0.429. The molecule has 2 rings (SSSR count). The number of terminal acetylenes is 1. The van der Waals surface area contributed by atoms with E-state index in [1.165, 1.54) is 6.42 Å². The van der Waals surface area contributed by atoms with Gasteiger partial charge in [-0.2, -0.15) is 0 Å². The van der Waals surface area contributed by atoms with Crippen LogP contribution in [0.5, 0.6) is 0 Å². The average Bonchev–Trinajstić information content (AvgIpc) is 2.35. The van der Waals surface area contributed by atoms with Gasteiger partial charge in [-0.25, -0.2) is 0 Å². The quantitative estimate of drug-likeness (QED) is 0.442. The minimum absolute atomic E-state index is 0.286. The maximum atomic E-state index is 5.37. The van der Waals surface area contributed by atoms with Crippen molar-refractivity contribution in [3.8, 4) is 12.3 Å². The summed E-state index contributed by atoms with van der Waals surface area (Å²) in [5, 5.41) is 6.74. The van der Waals surface area contributed by atoms with Crippen molar-refractivity contribution in [2.75, 3.05) is 19.6 Å². The van der Waals surface area contributed by atoms with E-state index in [0.717, 1.165) is 19.6 Å². The highest BCUT2D eigenvalue weighted by atomic mass is 15.1.